The summed E-state index contributed by atoms with van der Waals surface area (Å²) in [6, 6.07) is 3.09. The van der Waals surface area contributed by atoms with Crippen LogP contribution in [0.25, 0.3) is 0 Å². The number of likely N-dealkylation sites (N-methyl/N-ethyl adjacent to an activating group) is 1. The minimum atomic E-state index is -4.41. The summed E-state index contributed by atoms with van der Waals surface area (Å²) < 4.78 is 38.4. The Labute approximate surface area is 116 Å². The molecule has 1 aliphatic rings. The molecule has 0 spiro atoms. The first-order chi connectivity index (χ1) is 8.77. The predicted molar refractivity (Wildman–Crippen MR) is 68.8 cm³/mol. The Kier molecular flexibility index (Phi) is 3.75. The molecule has 1 aromatic carbocycles. The van der Waals surface area contributed by atoms with Crippen molar-refractivity contribution in [1.82, 2.24) is 4.90 Å². The fraction of sp³-hybridized carbons (Fsp3) is 0.417. The van der Waals surface area contributed by atoms with Crippen LogP contribution in [0.4, 0.5) is 18.9 Å². The van der Waals surface area contributed by atoms with E-state index in [0.717, 1.165) is 12.1 Å². The molecular weight excluding hydrogens is 325 g/mol. The van der Waals surface area contributed by atoms with Crippen molar-refractivity contribution < 1.29 is 18.0 Å². The molecule has 1 amide bonds. The van der Waals surface area contributed by atoms with E-state index in [1.807, 2.05) is 0 Å². The molecule has 0 aromatic heterocycles. The molecule has 1 heterocycles. The first-order valence-corrected chi connectivity index (χ1v) is 6.46. The number of alkyl halides is 3. The molecule has 104 valence electrons. The molecule has 1 N–H and O–H groups in total. The van der Waals surface area contributed by atoms with Gasteiger partial charge in [-0.1, -0.05) is 15.9 Å². The molecule has 0 bridgehead atoms. The maximum atomic E-state index is 12.7. The number of benzene rings is 1. The van der Waals surface area contributed by atoms with Gasteiger partial charge in [-0.05, 0) is 24.6 Å². The Morgan fingerprint density at radius 2 is 2.05 bits per heavy atom. The monoisotopic (exact) mass is 336 g/mol. The maximum Gasteiger partial charge on any atom is 0.416 e. The number of anilines is 1. The van der Waals surface area contributed by atoms with E-state index in [-0.39, 0.29) is 11.6 Å². The summed E-state index contributed by atoms with van der Waals surface area (Å²) >= 11 is 3.05. The first-order valence-electron chi connectivity index (χ1n) is 5.66. The van der Waals surface area contributed by atoms with Crippen molar-refractivity contribution in [1.29, 1.82) is 0 Å². The Morgan fingerprint density at radius 1 is 1.37 bits per heavy atom. The zero-order valence-corrected chi connectivity index (χ0v) is 11.7. The lowest BCUT2D eigenvalue weighted by atomic mass is 10.1. The van der Waals surface area contributed by atoms with E-state index in [0.29, 0.717) is 17.4 Å². The molecule has 1 aliphatic heterocycles. The molecule has 1 unspecified atom stereocenters. The van der Waals surface area contributed by atoms with Crippen LogP contribution in [0.5, 0.6) is 0 Å². The van der Waals surface area contributed by atoms with Gasteiger partial charge in [0.05, 0.1) is 5.56 Å². The highest BCUT2D eigenvalue weighted by Crippen LogP contribution is 2.33. The smallest absolute Gasteiger partial charge is 0.374 e. The zero-order chi connectivity index (χ0) is 14.2. The second-order valence-electron chi connectivity index (χ2n) is 4.47. The Balaban J connectivity index is 2.22. The van der Waals surface area contributed by atoms with Crippen LogP contribution in [-0.2, 0) is 11.0 Å². The van der Waals surface area contributed by atoms with Gasteiger partial charge in [0.2, 0.25) is 5.91 Å². The Morgan fingerprint density at radius 3 is 2.58 bits per heavy atom. The van der Waals surface area contributed by atoms with Crippen LogP contribution < -0.4 is 5.32 Å². The number of rotatable bonds is 2. The van der Waals surface area contributed by atoms with Gasteiger partial charge in [-0.25, -0.2) is 0 Å². The Hall–Kier alpha value is -1.24. The third-order valence-corrected chi connectivity index (χ3v) is 3.45. The largest absolute Gasteiger partial charge is 0.416 e. The number of nitrogens with one attached hydrogen (secondary N) is 1. The van der Waals surface area contributed by atoms with Gasteiger partial charge in [-0.15, -0.1) is 0 Å². The summed E-state index contributed by atoms with van der Waals surface area (Å²) in [6.45, 7) is 0.608. The van der Waals surface area contributed by atoms with Crippen LogP contribution in [0.1, 0.15) is 12.0 Å². The van der Waals surface area contributed by atoms with Gasteiger partial charge in [0, 0.05) is 23.8 Å². The molecule has 2 rings (SSSR count). The molecule has 1 saturated heterocycles. The summed E-state index contributed by atoms with van der Waals surface area (Å²) in [4.78, 5) is 13.3. The highest BCUT2D eigenvalue weighted by molar-refractivity contribution is 9.10. The lowest BCUT2D eigenvalue weighted by Gasteiger charge is -2.15. The highest BCUT2D eigenvalue weighted by Gasteiger charge is 2.32. The quantitative estimate of drug-likeness (QED) is 0.899. The summed E-state index contributed by atoms with van der Waals surface area (Å²) in [5.74, 6) is -0.103. The van der Waals surface area contributed by atoms with Crippen molar-refractivity contribution in [3.8, 4) is 0 Å². The number of hydrogen-bond acceptors (Lipinski definition) is 2. The fourth-order valence-corrected chi connectivity index (χ4v) is 2.49. The number of hydrogen-bond donors (Lipinski definition) is 1. The third-order valence-electron chi connectivity index (χ3n) is 2.99. The average molecular weight is 337 g/mol. The van der Waals surface area contributed by atoms with Gasteiger partial charge >= 0.3 is 6.18 Å². The molecule has 7 heteroatoms. The van der Waals surface area contributed by atoms with Crippen molar-refractivity contribution in [3.63, 3.8) is 0 Å². The van der Waals surface area contributed by atoms with Gasteiger partial charge < -0.3 is 10.2 Å². The number of nitrogens with zero attached hydrogens (tertiary/aromatic N) is 1. The van der Waals surface area contributed by atoms with E-state index in [1.165, 1.54) is 6.07 Å². The third kappa shape index (κ3) is 3.20. The number of carbonyl (C=O) groups excluding carboxylic acids is 1. The van der Waals surface area contributed by atoms with Gasteiger partial charge in [0.25, 0.3) is 0 Å². The van der Waals surface area contributed by atoms with Crippen molar-refractivity contribution in [2.75, 3.05) is 18.9 Å². The molecule has 1 aromatic rings. The predicted octanol–water partition coefficient (Wildman–Crippen LogP) is 3.11. The summed E-state index contributed by atoms with van der Waals surface area (Å²) in [5, 5.41) is 2.85. The molecule has 0 radical (unpaired) electrons. The normalized spacial score (nSPS) is 19.9. The van der Waals surface area contributed by atoms with Crippen molar-refractivity contribution in [2.45, 2.75) is 18.6 Å². The van der Waals surface area contributed by atoms with Crippen molar-refractivity contribution >= 4 is 27.5 Å². The second kappa shape index (κ2) is 5.03. The fourth-order valence-electron chi connectivity index (χ4n) is 1.99. The first kappa shape index (κ1) is 14.2. The van der Waals surface area contributed by atoms with E-state index in [1.54, 1.807) is 11.9 Å². The highest BCUT2D eigenvalue weighted by atomic mass is 79.9. The molecule has 0 aliphatic carbocycles. The maximum absolute atomic E-state index is 12.7. The molecule has 1 fully saturated rings. The second-order valence-corrected chi connectivity index (χ2v) is 5.39. The number of likely N-dealkylation sites (tertiary alicyclic amines) is 1. The van der Waals surface area contributed by atoms with Crippen LogP contribution in [0, 0.1) is 0 Å². The van der Waals surface area contributed by atoms with Crippen LogP contribution in [-0.4, -0.2) is 30.4 Å². The number of halogens is 4. The van der Waals surface area contributed by atoms with E-state index in [2.05, 4.69) is 21.2 Å². The minimum absolute atomic E-state index is 0.103. The Bertz CT molecular complexity index is 504. The topological polar surface area (TPSA) is 32.3 Å². The average Bonchev–Trinajstić information content (AvgIpc) is 2.59. The van der Waals surface area contributed by atoms with E-state index < -0.39 is 17.8 Å². The summed E-state index contributed by atoms with van der Waals surface area (Å²) in [6.07, 6.45) is -3.82. The standard InChI is InChI=1S/C12H12BrF3N2O/c1-18-3-2-10(11(18)19)17-9-5-7(12(14,15)16)4-8(13)6-9/h4-6,10,17H,2-3H2,1H3. The van der Waals surface area contributed by atoms with Gasteiger partial charge in [-0.2, -0.15) is 13.2 Å². The zero-order valence-electron chi connectivity index (χ0n) is 10.1. The summed E-state index contributed by atoms with van der Waals surface area (Å²) in [7, 11) is 1.67. The van der Waals surface area contributed by atoms with Gasteiger partial charge in [0.1, 0.15) is 6.04 Å². The lowest BCUT2D eigenvalue weighted by molar-refractivity contribution is -0.137. The van der Waals surface area contributed by atoms with E-state index >= 15 is 0 Å². The minimum Gasteiger partial charge on any atom is -0.374 e. The van der Waals surface area contributed by atoms with Crippen LogP contribution >= 0.6 is 15.9 Å². The van der Waals surface area contributed by atoms with Crippen LogP contribution in [0.15, 0.2) is 22.7 Å². The van der Waals surface area contributed by atoms with Crippen molar-refractivity contribution in [3.05, 3.63) is 28.2 Å². The summed E-state index contributed by atoms with van der Waals surface area (Å²) in [5.41, 5.74) is -0.460. The SMILES string of the molecule is CN1CCC(Nc2cc(Br)cc(C(F)(F)F)c2)C1=O. The molecular formula is C12H12BrF3N2O. The number of amides is 1. The van der Waals surface area contributed by atoms with E-state index in [9.17, 15) is 18.0 Å². The lowest BCUT2D eigenvalue weighted by Crippen LogP contribution is -2.31. The van der Waals surface area contributed by atoms with Crippen molar-refractivity contribution in [2.24, 2.45) is 0 Å². The molecule has 1 atom stereocenters. The van der Waals surface area contributed by atoms with Gasteiger partial charge in [0.15, 0.2) is 0 Å². The molecule has 0 saturated carbocycles. The molecule has 3 nitrogen and oxygen atoms in total. The van der Waals surface area contributed by atoms with Crippen LogP contribution in [0.3, 0.4) is 0 Å². The molecule has 19 heavy (non-hydrogen) atoms. The van der Waals surface area contributed by atoms with E-state index in [4.69, 9.17) is 0 Å². The van der Waals surface area contributed by atoms with Crippen LogP contribution in [0.2, 0.25) is 0 Å². The van der Waals surface area contributed by atoms with Gasteiger partial charge in [-0.3, -0.25) is 4.79 Å². The number of carbonyl (C=O) groups is 1.